The molecule has 0 aliphatic carbocycles. The van der Waals surface area contributed by atoms with Crippen LogP contribution in [0.25, 0.3) is 0 Å². The zero-order valence-electron chi connectivity index (χ0n) is 5.40. The summed E-state index contributed by atoms with van der Waals surface area (Å²) < 4.78 is 0. The predicted octanol–water partition coefficient (Wildman–Crippen LogP) is -2.40. The van der Waals surface area contributed by atoms with Gasteiger partial charge in [-0.2, -0.15) is 5.48 Å². The fourth-order valence-electron chi connectivity index (χ4n) is 0.824. The first-order valence-electron chi connectivity index (χ1n) is 3.11. The van der Waals surface area contributed by atoms with Crippen molar-refractivity contribution >= 4 is 0 Å². The Morgan fingerprint density at radius 1 is 1.50 bits per heavy atom. The van der Waals surface area contributed by atoms with Crippen molar-refractivity contribution < 1.29 is 20.2 Å². The van der Waals surface area contributed by atoms with E-state index in [-0.39, 0.29) is 13.2 Å². The van der Waals surface area contributed by atoms with Crippen LogP contribution in [-0.4, -0.2) is 46.8 Å². The second-order valence-electron chi connectivity index (χ2n) is 2.25. The molecule has 5 nitrogen and oxygen atoms in total. The average Bonchev–Trinajstić information content (AvgIpc) is 1.95. The summed E-state index contributed by atoms with van der Waals surface area (Å²) in [7, 11) is 0. The first kappa shape index (κ1) is 7.90. The summed E-state index contributed by atoms with van der Waals surface area (Å²) in [6.07, 6.45) is -2.57. The minimum absolute atomic E-state index is 0.192. The lowest BCUT2D eigenvalue weighted by Gasteiger charge is -2.30. The largest absolute Gasteiger partial charge is 0.393 e. The van der Waals surface area contributed by atoms with Crippen LogP contribution < -0.4 is 5.48 Å². The van der Waals surface area contributed by atoms with Gasteiger partial charge in [-0.25, -0.2) is 0 Å². The number of β-amino-alcohol motifs (C(OH)–C–C–N with tert-alkyl or cyclic N) is 1. The van der Waals surface area contributed by atoms with E-state index in [1.807, 2.05) is 0 Å². The summed E-state index contributed by atoms with van der Waals surface area (Å²) in [6, 6.07) is 0. The molecule has 0 aromatic rings. The molecule has 10 heavy (non-hydrogen) atoms. The molecule has 5 heteroatoms. The van der Waals surface area contributed by atoms with E-state index in [4.69, 9.17) is 20.2 Å². The summed E-state index contributed by atoms with van der Waals surface area (Å²) in [4.78, 5) is 4.70. The molecule has 1 aliphatic heterocycles. The fraction of sp³-hybridized carbons (Fsp3) is 1.00. The summed E-state index contributed by atoms with van der Waals surface area (Å²) >= 11 is 0. The first-order chi connectivity index (χ1) is 4.75. The Labute approximate surface area is 58.2 Å². The van der Waals surface area contributed by atoms with Crippen molar-refractivity contribution in [2.45, 2.75) is 18.3 Å². The molecule has 0 spiro atoms. The first-order valence-corrected chi connectivity index (χ1v) is 3.11. The lowest BCUT2D eigenvalue weighted by atomic mass is 10.1. The van der Waals surface area contributed by atoms with Crippen molar-refractivity contribution in [3.8, 4) is 0 Å². The zero-order chi connectivity index (χ0) is 7.56. The highest BCUT2D eigenvalue weighted by atomic mass is 16.7. The van der Waals surface area contributed by atoms with Crippen LogP contribution in [0.3, 0.4) is 0 Å². The molecule has 0 aromatic carbocycles. The van der Waals surface area contributed by atoms with Crippen molar-refractivity contribution in [1.82, 2.24) is 5.48 Å². The van der Waals surface area contributed by atoms with Crippen molar-refractivity contribution in [1.29, 1.82) is 0 Å². The molecule has 0 aromatic heterocycles. The third-order valence-corrected chi connectivity index (χ3v) is 1.48. The maximum absolute atomic E-state index is 9.06. The van der Waals surface area contributed by atoms with Crippen LogP contribution in [0.5, 0.6) is 0 Å². The number of nitrogens with one attached hydrogen (secondary N) is 1. The van der Waals surface area contributed by atoms with E-state index in [1.54, 1.807) is 0 Å². The number of aliphatic hydroxyl groups is 3. The van der Waals surface area contributed by atoms with Crippen molar-refractivity contribution in [3.05, 3.63) is 0 Å². The quantitative estimate of drug-likeness (QED) is 0.334. The van der Waals surface area contributed by atoms with Gasteiger partial charge >= 0.3 is 0 Å². The van der Waals surface area contributed by atoms with E-state index in [2.05, 4.69) is 5.48 Å². The Kier molecular flexibility index (Phi) is 2.58. The third-order valence-electron chi connectivity index (χ3n) is 1.48. The molecule has 0 radical (unpaired) electrons. The zero-order valence-corrected chi connectivity index (χ0v) is 5.40. The van der Waals surface area contributed by atoms with E-state index >= 15 is 0 Å². The lowest BCUT2D eigenvalue weighted by molar-refractivity contribution is -0.180. The molecular formula is C5H11NO4. The second kappa shape index (κ2) is 3.27. The summed E-state index contributed by atoms with van der Waals surface area (Å²) in [5.74, 6) is 0. The average molecular weight is 149 g/mol. The minimum Gasteiger partial charge on any atom is -0.393 e. The highest BCUT2D eigenvalue weighted by Crippen LogP contribution is 2.06. The van der Waals surface area contributed by atoms with Gasteiger partial charge in [-0.1, -0.05) is 0 Å². The van der Waals surface area contributed by atoms with Gasteiger partial charge in [0.1, 0.15) is 12.2 Å². The van der Waals surface area contributed by atoms with E-state index in [0.29, 0.717) is 0 Å². The van der Waals surface area contributed by atoms with Gasteiger partial charge in [0.15, 0.2) is 0 Å². The van der Waals surface area contributed by atoms with E-state index in [9.17, 15) is 0 Å². The Balaban J connectivity index is 2.42. The smallest absolute Gasteiger partial charge is 0.130 e. The molecular weight excluding hydrogens is 138 g/mol. The predicted molar refractivity (Wildman–Crippen MR) is 32.0 cm³/mol. The second-order valence-corrected chi connectivity index (χ2v) is 2.25. The number of rotatable bonds is 1. The van der Waals surface area contributed by atoms with Crippen LogP contribution in [0.2, 0.25) is 0 Å². The molecule has 0 bridgehead atoms. The van der Waals surface area contributed by atoms with Crippen molar-refractivity contribution in [3.63, 3.8) is 0 Å². The van der Waals surface area contributed by atoms with Crippen molar-refractivity contribution in [2.24, 2.45) is 0 Å². The normalized spacial score (nSPS) is 41.7. The van der Waals surface area contributed by atoms with E-state index in [0.717, 1.165) is 0 Å². The van der Waals surface area contributed by atoms with Crippen LogP contribution in [0, 0.1) is 0 Å². The number of hydrogen-bond acceptors (Lipinski definition) is 5. The van der Waals surface area contributed by atoms with Gasteiger partial charge in [-0.15, -0.1) is 0 Å². The van der Waals surface area contributed by atoms with Gasteiger partial charge in [-0.05, 0) is 0 Å². The van der Waals surface area contributed by atoms with Gasteiger partial charge in [0, 0.05) is 6.54 Å². The van der Waals surface area contributed by atoms with Gasteiger partial charge in [0.2, 0.25) is 0 Å². The highest BCUT2D eigenvalue weighted by Gasteiger charge is 2.30. The molecule has 3 atom stereocenters. The SMILES string of the molecule is OC[C@H]1ONC[C@H](O)[C@@H]1O. The lowest BCUT2D eigenvalue weighted by Crippen LogP contribution is -2.53. The minimum atomic E-state index is -0.994. The standard InChI is InChI=1S/C5H11NO4/c7-2-4-5(9)3(8)1-6-10-4/h3-9H,1-2H2/t3-,4+,5-/m0/s1. The molecule has 0 unspecified atom stereocenters. The molecule has 1 rings (SSSR count). The van der Waals surface area contributed by atoms with Gasteiger partial charge in [0.05, 0.1) is 12.7 Å². The molecule has 1 saturated heterocycles. The molecule has 1 heterocycles. The molecule has 0 saturated carbocycles. The maximum Gasteiger partial charge on any atom is 0.130 e. The molecule has 1 aliphatic rings. The molecule has 4 N–H and O–H groups in total. The Hall–Kier alpha value is -0.200. The number of hydroxylamine groups is 1. The van der Waals surface area contributed by atoms with Crippen LogP contribution in [0.4, 0.5) is 0 Å². The molecule has 60 valence electrons. The monoisotopic (exact) mass is 149 g/mol. The molecule has 0 amide bonds. The highest BCUT2D eigenvalue weighted by molar-refractivity contribution is 4.79. The fourth-order valence-corrected chi connectivity index (χ4v) is 0.824. The Morgan fingerprint density at radius 3 is 2.70 bits per heavy atom. The summed E-state index contributed by atoms with van der Waals surface area (Å²) in [5.41, 5.74) is 2.40. The van der Waals surface area contributed by atoms with Gasteiger partial charge in [-0.3, -0.25) is 4.84 Å². The van der Waals surface area contributed by atoms with Crippen LogP contribution >= 0.6 is 0 Å². The number of aliphatic hydroxyl groups excluding tert-OH is 3. The topological polar surface area (TPSA) is 82.0 Å². The number of hydrogen-bond donors (Lipinski definition) is 4. The van der Waals surface area contributed by atoms with Crippen LogP contribution in [0.15, 0.2) is 0 Å². The summed E-state index contributed by atoms with van der Waals surface area (Å²) in [6.45, 7) is -0.108. The van der Waals surface area contributed by atoms with E-state index < -0.39 is 18.3 Å². The van der Waals surface area contributed by atoms with Crippen LogP contribution in [-0.2, 0) is 4.84 Å². The Morgan fingerprint density at radius 2 is 2.20 bits per heavy atom. The van der Waals surface area contributed by atoms with Gasteiger partial charge in [0.25, 0.3) is 0 Å². The maximum atomic E-state index is 9.06. The summed E-state index contributed by atoms with van der Waals surface area (Å²) in [5, 5.41) is 26.6. The third kappa shape index (κ3) is 1.44. The van der Waals surface area contributed by atoms with Gasteiger partial charge < -0.3 is 15.3 Å². The Bertz CT molecular complexity index is 110. The van der Waals surface area contributed by atoms with Crippen LogP contribution in [0.1, 0.15) is 0 Å². The van der Waals surface area contributed by atoms with Crippen molar-refractivity contribution in [2.75, 3.05) is 13.2 Å². The molecule has 1 fully saturated rings. The van der Waals surface area contributed by atoms with E-state index in [1.165, 1.54) is 0 Å².